The lowest BCUT2D eigenvalue weighted by Crippen LogP contribution is -2.16. The molecule has 0 bridgehead atoms. The van der Waals surface area contributed by atoms with Crippen molar-refractivity contribution in [2.24, 2.45) is 0 Å². The van der Waals surface area contributed by atoms with Gasteiger partial charge in [0.1, 0.15) is 18.4 Å². The Kier molecular flexibility index (Phi) is 7.64. The van der Waals surface area contributed by atoms with Crippen LogP contribution in [0.5, 0.6) is 5.75 Å². The lowest BCUT2D eigenvalue weighted by Gasteiger charge is -2.12. The van der Waals surface area contributed by atoms with Crippen molar-refractivity contribution in [2.75, 3.05) is 10.6 Å². The number of anilines is 3. The Morgan fingerprint density at radius 3 is 2.41 bits per heavy atom. The van der Waals surface area contributed by atoms with Gasteiger partial charge < -0.3 is 15.4 Å². The fraction of sp³-hybridized carbons (Fsp3) is 0.138. The molecule has 41 heavy (non-hydrogen) atoms. The molecule has 0 aliphatic heterocycles. The van der Waals surface area contributed by atoms with E-state index in [0.29, 0.717) is 40.7 Å². The van der Waals surface area contributed by atoms with Gasteiger partial charge in [0.15, 0.2) is 0 Å². The highest BCUT2D eigenvalue weighted by Crippen LogP contribution is 2.28. The lowest BCUT2D eigenvalue weighted by molar-refractivity contribution is -0.274. The van der Waals surface area contributed by atoms with Crippen LogP contribution in [0.3, 0.4) is 0 Å². The second-order valence-electron chi connectivity index (χ2n) is 9.20. The summed E-state index contributed by atoms with van der Waals surface area (Å²) >= 11 is 0. The number of carbonyl (C=O) groups excluding carboxylic acids is 1. The Labute approximate surface area is 233 Å². The van der Waals surface area contributed by atoms with E-state index in [1.54, 1.807) is 48.4 Å². The average molecular weight is 560 g/mol. The van der Waals surface area contributed by atoms with Gasteiger partial charge in [-0.15, -0.1) is 13.2 Å². The molecule has 2 aromatic heterocycles. The van der Waals surface area contributed by atoms with Gasteiger partial charge in [-0.25, -0.2) is 19.6 Å². The number of halogens is 3. The normalized spacial score (nSPS) is 11.2. The van der Waals surface area contributed by atoms with E-state index in [1.165, 1.54) is 30.6 Å². The van der Waals surface area contributed by atoms with Crippen LogP contribution in [0.15, 0.2) is 85.6 Å². The van der Waals surface area contributed by atoms with Crippen molar-refractivity contribution in [3.63, 3.8) is 0 Å². The van der Waals surface area contributed by atoms with Gasteiger partial charge in [0.05, 0.1) is 12.2 Å². The summed E-state index contributed by atoms with van der Waals surface area (Å²) in [7, 11) is 0. The first-order chi connectivity index (χ1) is 19.6. The van der Waals surface area contributed by atoms with Crippen LogP contribution >= 0.6 is 0 Å². The average Bonchev–Trinajstić information content (AvgIpc) is 3.45. The first-order valence-corrected chi connectivity index (χ1v) is 12.4. The Hall–Kier alpha value is -5.26. The molecule has 2 N–H and O–H groups in total. The van der Waals surface area contributed by atoms with Crippen molar-refractivity contribution in [3.05, 3.63) is 108 Å². The molecule has 0 radical (unpaired) electrons. The third-order valence-electron chi connectivity index (χ3n) is 6.10. The highest BCUT2D eigenvalue weighted by atomic mass is 19.4. The lowest BCUT2D eigenvalue weighted by atomic mass is 10.1. The molecule has 0 spiro atoms. The number of hydrogen-bond acceptors (Lipinski definition) is 7. The fourth-order valence-corrected chi connectivity index (χ4v) is 4.04. The third-order valence-corrected chi connectivity index (χ3v) is 6.10. The molecule has 2 heterocycles. The fourth-order valence-electron chi connectivity index (χ4n) is 4.04. The molecule has 0 aliphatic rings. The summed E-state index contributed by atoms with van der Waals surface area (Å²) in [5.41, 5.74) is 5.61. The van der Waals surface area contributed by atoms with E-state index in [-0.39, 0.29) is 11.7 Å². The van der Waals surface area contributed by atoms with Crippen LogP contribution in [-0.2, 0) is 6.54 Å². The zero-order chi connectivity index (χ0) is 29.0. The first kappa shape index (κ1) is 27.3. The predicted octanol–water partition coefficient (Wildman–Crippen LogP) is 6.29. The van der Waals surface area contributed by atoms with Crippen molar-refractivity contribution in [1.29, 1.82) is 0 Å². The number of aryl methyl sites for hydroxylation is 2. The summed E-state index contributed by atoms with van der Waals surface area (Å²) in [6, 6.07) is 18.1. The van der Waals surface area contributed by atoms with E-state index in [1.807, 2.05) is 25.1 Å². The topological polar surface area (TPSA) is 107 Å². The molecule has 0 unspecified atom stereocenters. The van der Waals surface area contributed by atoms with Crippen molar-refractivity contribution in [3.8, 4) is 17.0 Å². The molecule has 208 valence electrons. The minimum absolute atomic E-state index is 0.260. The number of benzene rings is 3. The molecule has 3 aromatic carbocycles. The van der Waals surface area contributed by atoms with E-state index < -0.39 is 6.36 Å². The van der Waals surface area contributed by atoms with E-state index in [0.717, 1.165) is 16.7 Å². The Bertz CT molecular complexity index is 1650. The van der Waals surface area contributed by atoms with Gasteiger partial charge in [-0.2, -0.15) is 5.10 Å². The SMILES string of the molecule is Cc1ccc(Cn2cncn2)cc1NC(=O)c1ccc(Nc2ncc(C)c(-c3ccc(OC(F)(F)F)cc3)n2)cc1. The van der Waals surface area contributed by atoms with Crippen LogP contribution in [0.25, 0.3) is 11.3 Å². The number of nitrogens with zero attached hydrogens (tertiary/aromatic N) is 5. The second-order valence-corrected chi connectivity index (χ2v) is 9.20. The number of rotatable bonds is 8. The van der Waals surface area contributed by atoms with Gasteiger partial charge in [0.2, 0.25) is 5.95 Å². The summed E-state index contributed by atoms with van der Waals surface area (Å²) in [5.74, 6) is -0.285. The molecule has 0 aliphatic carbocycles. The van der Waals surface area contributed by atoms with Crippen LogP contribution in [0.4, 0.5) is 30.5 Å². The van der Waals surface area contributed by atoms with Crippen molar-refractivity contribution < 1.29 is 22.7 Å². The minimum Gasteiger partial charge on any atom is -0.406 e. The van der Waals surface area contributed by atoms with Gasteiger partial charge in [0.25, 0.3) is 5.91 Å². The molecule has 0 saturated carbocycles. The molecule has 1 amide bonds. The number of nitrogens with one attached hydrogen (secondary N) is 2. The predicted molar refractivity (Wildman–Crippen MR) is 147 cm³/mol. The standard InChI is InChI=1S/C29H24F3N7O2/c1-18-3-4-20(15-39-17-33-16-35-39)13-25(18)37-27(40)22-5-9-23(10-6-22)36-28-34-14-19(2)26(38-28)21-7-11-24(12-8-21)41-29(30,31)32/h3-14,16-17H,15H2,1-2H3,(H,37,40)(H,34,36,38). The van der Waals surface area contributed by atoms with Gasteiger partial charge in [-0.05, 0) is 85.1 Å². The number of carbonyl (C=O) groups is 1. The summed E-state index contributed by atoms with van der Waals surface area (Å²) in [6.07, 6.45) is -0.0443. The van der Waals surface area contributed by atoms with E-state index in [2.05, 4.69) is 35.4 Å². The molecule has 12 heteroatoms. The first-order valence-electron chi connectivity index (χ1n) is 12.4. The monoisotopic (exact) mass is 559 g/mol. The Morgan fingerprint density at radius 1 is 0.976 bits per heavy atom. The van der Waals surface area contributed by atoms with Crippen LogP contribution in [0.1, 0.15) is 27.0 Å². The van der Waals surface area contributed by atoms with Crippen molar-refractivity contribution in [1.82, 2.24) is 24.7 Å². The number of alkyl halides is 3. The van der Waals surface area contributed by atoms with Gasteiger partial charge >= 0.3 is 6.36 Å². The smallest absolute Gasteiger partial charge is 0.406 e. The number of amides is 1. The molecule has 9 nitrogen and oxygen atoms in total. The van der Waals surface area contributed by atoms with Gasteiger partial charge in [0, 0.05) is 28.7 Å². The Balaban J connectivity index is 1.25. The van der Waals surface area contributed by atoms with Crippen molar-refractivity contribution >= 4 is 23.2 Å². The Morgan fingerprint density at radius 2 is 1.73 bits per heavy atom. The zero-order valence-electron chi connectivity index (χ0n) is 22.0. The number of hydrogen-bond donors (Lipinski definition) is 2. The number of aromatic nitrogens is 5. The molecular formula is C29H24F3N7O2. The zero-order valence-corrected chi connectivity index (χ0v) is 22.0. The van der Waals surface area contributed by atoms with Crippen LogP contribution in [-0.4, -0.2) is 37.0 Å². The maximum Gasteiger partial charge on any atom is 0.573 e. The largest absolute Gasteiger partial charge is 0.573 e. The van der Waals surface area contributed by atoms with E-state index in [9.17, 15) is 18.0 Å². The van der Waals surface area contributed by atoms with Crippen LogP contribution in [0, 0.1) is 13.8 Å². The van der Waals surface area contributed by atoms with Crippen molar-refractivity contribution in [2.45, 2.75) is 26.8 Å². The van der Waals surface area contributed by atoms with Crippen LogP contribution in [0.2, 0.25) is 0 Å². The summed E-state index contributed by atoms with van der Waals surface area (Å²) < 4.78 is 43.0. The summed E-state index contributed by atoms with van der Waals surface area (Å²) in [4.78, 5) is 25.7. The summed E-state index contributed by atoms with van der Waals surface area (Å²) in [6.45, 7) is 4.26. The van der Waals surface area contributed by atoms with E-state index >= 15 is 0 Å². The molecular weight excluding hydrogens is 535 g/mol. The number of ether oxygens (including phenoxy) is 1. The highest BCUT2D eigenvalue weighted by Gasteiger charge is 2.31. The maximum atomic E-state index is 12.9. The quantitative estimate of drug-likeness (QED) is 0.230. The molecule has 0 saturated heterocycles. The molecule has 5 rings (SSSR count). The second kappa shape index (κ2) is 11.5. The maximum absolute atomic E-state index is 12.9. The van der Waals surface area contributed by atoms with Gasteiger partial charge in [-0.3, -0.25) is 4.79 Å². The van der Waals surface area contributed by atoms with Gasteiger partial charge in [-0.1, -0.05) is 12.1 Å². The van der Waals surface area contributed by atoms with E-state index in [4.69, 9.17) is 0 Å². The molecule has 5 aromatic rings. The third kappa shape index (κ3) is 7.04. The molecule has 0 atom stereocenters. The highest BCUT2D eigenvalue weighted by molar-refractivity contribution is 6.04. The van der Waals surface area contributed by atoms with Crippen LogP contribution < -0.4 is 15.4 Å². The summed E-state index contributed by atoms with van der Waals surface area (Å²) in [5, 5.41) is 10.2. The minimum atomic E-state index is -4.76. The molecule has 0 fully saturated rings.